The molecule has 0 aliphatic carbocycles. The normalized spacial score (nSPS) is 12.7. The van der Waals surface area contributed by atoms with Gasteiger partial charge in [-0.3, -0.25) is 0 Å². The molecule has 1 heteroatoms. The minimum atomic E-state index is 0.657. The Morgan fingerprint density at radius 3 is 2.81 bits per heavy atom. The molecule has 1 atom stereocenters. The summed E-state index contributed by atoms with van der Waals surface area (Å²) in [5, 5.41) is 3.53. The minimum Gasteiger partial charge on any atom is -0.314 e. The summed E-state index contributed by atoms with van der Waals surface area (Å²) in [6, 6.07) is 9.50. The summed E-state index contributed by atoms with van der Waals surface area (Å²) in [4.78, 5) is 0. The largest absolute Gasteiger partial charge is 0.314 e. The Kier molecular flexibility index (Phi) is 6.17. The number of hydrogen-bond donors (Lipinski definition) is 1. The molecular weight excluding hydrogens is 194 g/mol. The molecule has 0 spiro atoms. The number of benzene rings is 1. The van der Waals surface area contributed by atoms with Gasteiger partial charge in [0.2, 0.25) is 0 Å². The number of hydrogen-bond acceptors (Lipinski definition) is 1. The van der Waals surface area contributed by atoms with Crippen LogP contribution in [-0.4, -0.2) is 12.6 Å². The molecule has 16 heavy (non-hydrogen) atoms. The molecule has 1 N–H and O–H groups in total. The van der Waals surface area contributed by atoms with Gasteiger partial charge in [0, 0.05) is 6.04 Å². The van der Waals surface area contributed by atoms with Gasteiger partial charge in [-0.1, -0.05) is 36.8 Å². The van der Waals surface area contributed by atoms with Crippen LogP contribution in [0, 0.1) is 6.92 Å². The molecule has 90 valence electrons. The Morgan fingerprint density at radius 1 is 1.31 bits per heavy atom. The van der Waals surface area contributed by atoms with Crippen LogP contribution in [0.5, 0.6) is 0 Å². The first-order valence-electron chi connectivity index (χ1n) is 6.51. The standard InChI is InChI=1S/C15H25N/c1-4-11-16-14(3)8-6-10-15-9-5-7-13(2)12-15/h5,7,9,12,14,16H,4,6,8,10-11H2,1-3H3. The van der Waals surface area contributed by atoms with Gasteiger partial charge >= 0.3 is 0 Å². The van der Waals surface area contributed by atoms with Crippen LogP contribution in [0.4, 0.5) is 0 Å². The van der Waals surface area contributed by atoms with Gasteiger partial charge in [0.05, 0.1) is 0 Å². The average Bonchev–Trinajstić information content (AvgIpc) is 2.26. The Morgan fingerprint density at radius 2 is 2.12 bits per heavy atom. The summed E-state index contributed by atoms with van der Waals surface area (Å²) in [6.07, 6.45) is 4.98. The summed E-state index contributed by atoms with van der Waals surface area (Å²) in [7, 11) is 0. The van der Waals surface area contributed by atoms with Crippen molar-refractivity contribution in [2.45, 2.75) is 52.5 Å². The lowest BCUT2D eigenvalue weighted by atomic mass is 10.0. The zero-order valence-corrected chi connectivity index (χ0v) is 10.9. The van der Waals surface area contributed by atoms with E-state index in [1.54, 1.807) is 0 Å². The fourth-order valence-electron chi connectivity index (χ4n) is 1.97. The quantitative estimate of drug-likeness (QED) is 0.737. The van der Waals surface area contributed by atoms with Gasteiger partial charge in [-0.15, -0.1) is 0 Å². The van der Waals surface area contributed by atoms with Gasteiger partial charge in [0.15, 0.2) is 0 Å². The lowest BCUT2D eigenvalue weighted by molar-refractivity contribution is 0.498. The lowest BCUT2D eigenvalue weighted by Gasteiger charge is -2.12. The van der Waals surface area contributed by atoms with Gasteiger partial charge in [-0.25, -0.2) is 0 Å². The maximum atomic E-state index is 3.53. The van der Waals surface area contributed by atoms with Crippen LogP contribution >= 0.6 is 0 Å². The Labute approximate surface area is 100 Å². The van der Waals surface area contributed by atoms with Crippen molar-refractivity contribution >= 4 is 0 Å². The van der Waals surface area contributed by atoms with Gasteiger partial charge in [-0.05, 0) is 51.6 Å². The van der Waals surface area contributed by atoms with Crippen LogP contribution in [0.1, 0.15) is 44.2 Å². The topological polar surface area (TPSA) is 12.0 Å². The van der Waals surface area contributed by atoms with Crippen molar-refractivity contribution in [1.29, 1.82) is 0 Å². The first-order chi connectivity index (χ1) is 7.72. The van der Waals surface area contributed by atoms with Crippen LogP contribution in [-0.2, 0) is 6.42 Å². The van der Waals surface area contributed by atoms with E-state index in [-0.39, 0.29) is 0 Å². The van der Waals surface area contributed by atoms with E-state index < -0.39 is 0 Å². The SMILES string of the molecule is CCCNC(C)CCCc1cccc(C)c1. The van der Waals surface area contributed by atoms with Gasteiger partial charge in [0.1, 0.15) is 0 Å². The van der Waals surface area contributed by atoms with Crippen molar-refractivity contribution in [3.05, 3.63) is 35.4 Å². The fraction of sp³-hybridized carbons (Fsp3) is 0.600. The highest BCUT2D eigenvalue weighted by Crippen LogP contribution is 2.09. The van der Waals surface area contributed by atoms with E-state index in [0.717, 1.165) is 6.54 Å². The van der Waals surface area contributed by atoms with E-state index >= 15 is 0 Å². The second-order valence-electron chi connectivity index (χ2n) is 4.74. The maximum Gasteiger partial charge on any atom is 0.00388 e. The maximum absolute atomic E-state index is 3.53. The highest BCUT2D eigenvalue weighted by molar-refractivity contribution is 5.22. The molecule has 1 unspecified atom stereocenters. The number of rotatable bonds is 7. The van der Waals surface area contributed by atoms with E-state index in [1.165, 1.54) is 36.8 Å². The van der Waals surface area contributed by atoms with Crippen molar-refractivity contribution in [2.24, 2.45) is 0 Å². The summed E-state index contributed by atoms with van der Waals surface area (Å²) < 4.78 is 0. The summed E-state index contributed by atoms with van der Waals surface area (Å²) in [5.41, 5.74) is 2.84. The van der Waals surface area contributed by atoms with Crippen molar-refractivity contribution in [3.63, 3.8) is 0 Å². The lowest BCUT2D eigenvalue weighted by Crippen LogP contribution is -2.26. The van der Waals surface area contributed by atoms with Crippen LogP contribution in [0.15, 0.2) is 24.3 Å². The molecule has 1 aromatic rings. The third-order valence-corrected chi connectivity index (χ3v) is 2.93. The monoisotopic (exact) mass is 219 g/mol. The molecule has 0 bridgehead atoms. The second kappa shape index (κ2) is 7.45. The molecule has 0 aliphatic rings. The molecular formula is C15H25N. The van der Waals surface area contributed by atoms with Crippen LogP contribution in [0.25, 0.3) is 0 Å². The predicted octanol–water partition coefficient (Wildman–Crippen LogP) is 3.71. The first-order valence-corrected chi connectivity index (χ1v) is 6.51. The highest BCUT2D eigenvalue weighted by atomic mass is 14.9. The van der Waals surface area contributed by atoms with E-state index in [2.05, 4.69) is 50.4 Å². The average molecular weight is 219 g/mol. The van der Waals surface area contributed by atoms with Gasteiger partial charge in [-0.2, -0.15) is 0 Å². The summed E-state index contributed by atoms with van der Waals surface area (Å²) >= 11 is 0. The van der Waals surface area contributed by atoms with Crippen molar-refractivity contribution < 1.29 is 0 Å². The van der Waals surface area contributed by atoms with Gasteiger partial charge < -0.3 is 5.32 Å². The second-order valence-corrected chi connectivity index (χ2v) is 4.74. The predicted molar refractivity (Wildman–Crippen MR) is 71.9 cm³/mol. The molecule has 0 saturated heterocycles. The Balaban J connectivity index is 2.20. The van der Waals surface area contributed by atoms with Crippen LogP contribution in [0.3, 0.4) is 0 Å². The van der Waals surface area contributed by atoms with Crippen LogP contribution < -0.4 is 5.32 Å². The number of aryl methyl sites for hydroxylation is 2. The minimum absolute atomic E-state index is 0.657. The van der Waals surface area contributed by atoms with E-state index in [4.69, 9.17) is 0 Å². The Bertz CT molecular complexity index is 293. The molecule has 0 saturated carbocycles. The molecule has 0 fully saturated rings. The van der Waals surface area contributed by atoms with Gasteiger partial charge in [0.25, 0.3) is 0 Å². The molecule has 0 aromatic heterocycles. The van der Waals surface area contributed by atoms with Crippen molar-refractivity contribution in [3.8, 4) is 0 Å². The number of nitrogens with one attached hydrogen (secondary N) is 1. The first kappa shape index (κ1) is 13.2. The zero-order valence-electron chi connectivity index (χ0n) is 10.9. The molecule has 0 heterocycles. The molecule has 1 nitrogen and oxygen atoms in total. The third kappa shape index (κ3) is 5.32. The summed E-state index contributed by atoms with van der Waals surface area (Å²) in [5.74, 6) is 0. The van der Waals surface area contributed by atoms with Crippen LogP contribution in [0.2, 0.25) is 0 Å². The molecule has 0 amide bonds. The van der Waals surface area contributed by atoms with Crippen molar-refractivity contribution in [2.75, 3.05) is 6.54 Å². The van der Waals surface area contributed by atoms with Crippen molar-refractivity contribution in [1.82, 2.24) is 5.32 Å². The molecule has 0 radical (unpaired) electrons. The molecule has 0 aliphatic heterocycles. The fourth-order valence-corrected chi connectivity index (χ4v) is 1.97. The third-order valence-electron chi connectivity index (χ3n) is 2.93. The van der Waals surface area contributed by atoms with E-state index in [9.17, 15) is 0 Å². The zero-order chi connectivity index (χ0) is 11.8. The Hall–Kier alpha value is -0.820. The van der Waals surface area contributed by atoms with E-state index in [1.807, 2.05) is 0 Å². The van der Waals surface area contributed by atoms with E-state index in [0.29, 0.717) is 6.04 Å². The smallest absolute Gasteiger partial charge is 0.00388 e. The molecule has 1 rings (SSSR count). The summed E-state index contributed by atoms with van der Waals surface area (Å²) in [6.45, 7) is 7.80. The highest BCUT2D eigenvalue weighted by Gasteiger charge is 2.00. The molecule has 1 aromatic carbocycles.